The van der Waals surface area contributed by atoms with E-state index in [2.05, 4.69) is 10.1 Å². The van der Waals surface area contributed by atoms with Crippen LogP contribution in [0.4, 0.5) is 4.39 Å². The van der Waals surface area contributed by atoms with E-state index >= 15 is 0 Å². The third-order valence-electron chi connectivity index (χ3n) is 2.18. The van der Waals surface area contributed by atoms with Gasteiger partial charge in [-0.25, -0.2) is 4.39 Å². The average molecular weight is 283 g/mol. The van der Waals surface area contributed by atoms with E-state index < -0.39 is 0 Å². The fourth-order valence-electron chi connectivity index (χ4n) is 1.33. The van der Waals surface area contributed by atoms with E-state index in [1.165, 1.54) is 23.9 Å². The highest BCUT2D eigenvalue weighted by molar-refractivity contribution is 7.98. The van der Waals surface area contributed by atoms with Crippen LogP contribution in [0.3, 0.4) is 0 Å². The maximum Gasteiger partial charge on any atom is 0.252 e. The first-order chi connectivity index (χ1) is 9.28. The summed E-state index contributed by atoms with van der Waals surface area (Å²) in [5.74, 6) is 1.33. The van der Waals surface area contributed by atoms with Crippen LogP contribution in [-0.2, 0) is 17.1 Å². The van der Waals surface area contributed by atoms with Gasteiger partial charge >= 0.3 is 0 Å². The predicted molar refractivity (Wildman–Crippen MR) is 69.0 cm³/mol. The molecule has 2 rings (SSSR count). The Morgan fingerprint density at radius 1 is 1.32 bits per heavy atom. The molecule has 0 unspecified atom stereocenters. The molecule has 2 N–H and O–H groups in total. The van der Waals surface area contributed by atoms with Gasteiger partial charge < -0.3 is 15.0 Å². The monoisotopic (exact) mass is 283 g/mol. The van der Waals surface area contributed by atoms with Crippen LogP contribution in [0.15, 0.2) is 33.7 Å². The van der Waals surface area contributed by atoms with Crippen LogP contribution in [-0.4, -0.2) is 23.3 Å². The number of nitrogens with two attached hydrogens (primary N) is 1. The summed E-state index contributed by atoms with van der Waals surface area (Å²) >= 11 is 1.51. The molecule has 0 atom stereocenters. The first-order valence-electron chi connectivity index (χ1n) is 5.75. The maximum absolute atomic E-state index is 12.7. The minimum atomic E-state index is -0.247. The standard InChI is InChI=1S/C12H14FN3O2S/c13-9-1-3-10(4-2-9)19-8-11-15-12(18-16-11)7-17-6-5-14/h1-4H,5-8,14H2. The van der Waals surface area contributed by atoms with Crippen molar-refractivity contribution in [1.82, 2.24) is 10.1 Å². The molecular formula is C12H14FN3O2S. The fraction of sp³-hybridized carbons (Fsp3) is 0.333. The highest BCUT2D eigenvalue weighted by atomic mass is 32.2. The van der Waals surface area contributed by atoms with Crippen molar-refractivity contribution in [2.24, 2.45) is 5.73 Å². The van der Waals surface area contributed by atoms with E-state index in [4.69, 9.17) is 15.0 Å². The summed E-state index contributed by atoms with van der Waals surface area (Å²) in [5, 5.41) is 3.84. The highest BCUT2D eigenvalue weighted by Gasteiger charge is 2.06. The minimum absolute atomic E-state index is 0.247. The SMILES string of the molecule is NCCOCc1nc(CSc2ccc(F)cc2)no1. The zero-order chi connectivity index (χ0) is 13.5. The van der Waals surface area contributed by atoms with Crippen molar-refractivity contribution >= 4 is 11.8 Å². The van der Waals surface area contributed by atoms with Crippen LogP contribution in [0.2, 0.25) is 0 Å². The highest BCUT2D eigenvalue weighted by Crippen LogP contribution is 2.21. The summed E-state index contributed by atoms with van der Waals surface area (Å²) in [4.78, 5) is 5.13. The van der Waals surface area contributed by atoms with Crippen molar-refractivity contribution in [3.8, 4) is 0 Å². The summed E-state index contributed by atoms with van der Waals surface area (Å²) in [6, 6.07) is 6.27. The number of hydrogen-bond donors (Lipinski definition) is 1. The van der Waals surface area contributed by atoms with Crippen molar-refractivity contribution in [3.05, 3.63) is 41.8 Å². The van der Waals surface area contributed by atoms with Gasteiger partial charge in [0, 0.05) is 11.4 Å². The van der Waals surface area contributed by atoms with Gasteiger partial charge in [0.25, 0.3) is 5.89 Å². The first kappa shape index (κ1) is 14.0. The number of benzene rings is 1. The lowest BCUT2D eigenvalue weighted by molar-refractivity contribution is 0.104. The number of hydrogen-bond acceptors (Lipinski definition) is 6. The van der Waals surface area contributed by atoms with Gasteiger partial charge in [-0.15, -0.1) is 11.8 Å². The second kappa shape index (κ2) is 7.22. The van der Waals surface area contributed by atoms with Crippen molar-refractivity contribution in [2.75, 3.05) is 13.2 Å². The molecule has 1 aromatic carbocycles. The largest absolute Gasteiger partial charge is 0.370 e. The molecule has 19 heavy (non-hydrogen) atoms. The van der Waals surface area contributed by atoms with Gasteiger partial charge in [-0.2, -0.15) is 4.98 Å². The topological polar surface area (TPSA) is 74.2 Å². The van der Waals surface area contributed by atoms with Crippen molar-refractivity contribution in [1.29, 1.82) is 0 Å². The lowest BCUT2D eigenvalue weighted by Gasteiger charge is -1.97. The Labute approximate surface area is 114 Å². The Hall–Kier alpha value is -1.44. The molecule has 0 radical (unpaired) electrons. The number of thioether (sulfide) groups is 1. The molecular weight excluding hydrogens is 269 g/mol. The number of rotatable bonds is 7. The molecule has 5 nitrogen and oxygen atoms in total. The van der Waals surface area contributed by atoms with Crippen LogP contribution in [0.5, 0.6) is 0 Å². The van der Waals surface area contributed by atoms with E-state index in [9.17, 15) is 4.39 Å². The number of nitrogens with zero attached hydrogens (tertiary/aromatic N) is 2. The zero-order valence-corrected chi connectivity index (χ0v) is 11.0. The van der Waals surface area contributed by atoms with Gasteiger partial charge in [0.05, 0.1) is 12.4 Å². The molecule has 0 bridgehead atoms. The molecule has 102 valence electrons. The first-order valence-corrected chi connectivity index (χ1v) is 6.74. The van der Waals surface area contributed by atoms with Crippen LogP contribution < -0.4 is 5.73 Å². The van der Waals surface area contributed by atoms with Crippen molar-refractivity contribution in [3.63, 3.8) is 0 Å². The number of halogens is 1. The van der Waals surface area contributed by atoms with E-state index in [1.54, 1.807) is 12.1 Å². The molecule has 0 aliphatic carbocycles. The molecule has 1 aromatic heterocycles. The lowest BCUT2D eigenvalue weighted by Crippen LogP contribution is -2.08. The third kappa shape index (κ3) is 4.62. The van der Waals surface area contributed by atoms with Crippen LogP contribution in [0.25, 0.3) is 0 Å². The van der Waals surface area contributed by atoms with Gasteiger partial charge in [0.2, 0.25) is 0 Å². The summed E-state index contributed by atoms with van der Waals surface area (Å²) in [5.41, 5.74) is 5.30. The number of ether oxygens (including phenoxy) is 1. The second-order valence-electron chi connectivity index (χ2n) is 3.69. The van der Waals surface area contributed by atoms with Gasteiger partial charge in [0.1, 0.15) is 12.4 Å². The molecule has 7 heteroatoms. The molecule has 0 saturated heterocycles. The quantitative estimate of drug-likeness (QED) is 0.618. The molecule has 2 aromatic rings. The maximum atomic E-state index is 12.7. The molecule has 0 amide bonds. The van der Waals surface area contributed by atoms with Crippen LogP contribution >= 0.6 is 11.8 Å². The van der Waals surface area contributed by atoms with E-state index in [0.717, 1.165) is 4.90 Å². The lowest BCUT2D eigenvalue weighted by atomic mass is 10.4. The summed E-state index contributed by atoms with van der Waals surface area (Å²) < 4.78 is 22.9. The van der Waals surface area contributed by atoms with Gasteiger partial charge in [-0.05, 0) is 24.3 Å². The molecule has 0 spiro atoms. The second-order valence-corrected chi connectivity index (χ2v) is 4.74. The predicted octanol–water partition coefficient (Wildman–Crippen LogP) is 1.98. The Morgan fingerprint density at radius 3 is 2.84 bits per heavy atom. The molecule has 0 aliphatic rings. The van der Waals surface area contributed by atoms with Gasteiger partial charge in [-0.1, -0.05) is 5.16 Å². The zero-order valence-electron chi connectivity index (χ0n) is 10.2. The normalized spacial score (nSPS) is 10.8. The third-order valence-corrected chi connectivity index (χ3v) is 3.19. The summed E-state index contributed by atoms with van der Waals surface area (Å²) in [6.07, 6.45) is 0. The molecule has 0 saturated carbocycles. The fourth-order valence-corrected chi connectivity index (χ4v) is 2.07. The Bertz CT molecular complexity index is 504. The van der Waals surface area contributed by atoms with E-state index in [1.807, 2.05) is 0 Å². The van der Waals surface area contributed by atoms with Crippen molar-refractivity contribution in [2.45, 2.75) is 17.3 Å². The van der Waals surface area contributed by atoms with Gasteiger partial charge in [-0.3, -0.25) is 0 Å². The van der Waals surface area contributed by atoms with Gasteiger partial charge in [0.15, 0.2) is 5.82 Å². The van der Waals surface area contributed by atoms with E-state index in [-0.39, 0.29) is 12.4 Å². The molecule has 0 fully saturated rings. The average Bonchev–Trinajstić information content (AvgIpc) is 2.86. The molecule has 0 aliphatic heterocycles. The minimum Gasteiger partial charge on any atom is -0.370 e. The Morgan fingerprint density at radius 2 is 2.11 bits per heavy atom. The summed E-state index contributed by atoms with van der Waals surface area (Å²) in [6.45, 7) is 1.19. The van der Waals surface area contributed by atoms with E-state index in [0.29, 0.717) is 30.6 Å². The summed E-state index contributed by atoms with van der Waals surface area (Å²) in [7, 11) is 0. The van der Waals surface area contributed by atoms with Crippen LogP contribution in [0, 0.1) is 5.82 Å². The Balaban J connectivity index is 1.81. The number of aromatic nitrogens is 2. The van der Waals surface area contributed by atoms with Crippen LogP contribution in [0.1, 0.15) is 11.7 Å². The van der Waals surface area contributed by atoms with Crippen molar-refractivity contribution < 1.29 is 13.7 Å². The Kier molecular flexibility index (Phi) is 5.31. The molecule has 1 heterocycles. The smallest absolute Gasteiger partial charge is 0.252 e.